The molecule has 0 radical (unpaired) electrons. The van der Waals surface area contributed by atoms with Gasteiger partial charge in [0.25, 0.3) is 0 Å². The maximum Gasteiger partial charge on any atom is 0.407 e. The van der Waals surface area contributed by atoms with Gasteiger partial charge in [-0.1, -0.05) is 0 Å². The third-order valence-electron chi connectivity index (χ3n) is 3.74. The van der Waals surface area contributed by atoms with Crippen molar-refractivity contribution in [3.05, 3.63) is 17.8 Å². The monoisotopic (exact) mass is 278 g/mol. The molecule has 1 aromatic heterocycles. The fourth-order valence-corrected chi connectivity index (χ4v) is 2.58. The molecule has 2 aliphatic rings. The lowest BCUT2D eigenvalue weighted by Crippen LogP contribution is -2.48. The Morgan fingerprint density at radius 3 is 2.85 bits per heavy atom. The van der Waals surface area contributed by atoms with Crippen LogP contribution in [0.5, 0.6) is 5.75 Å². The third-order valence-corrected chi connectivity index (χ3v) is 3.74. The number of hydrogen-bond donors (Lipinski definition) is 2. The summed E-state index contributed by atoms with van der Waals surface area (Å²) in [6.07, 6.45) is 1.74. The maximum absolute atomic E-state index is 10.9. The first-order chi connectivity index (χ1) is 9.63. The van der Waals surface area contributed by atoms with Gasteiger partial charge in [-0.05, 0) is 6.42 Å². The van der Waals surface area contributed by atoms with Gasteiger partial charge < -0.3 is 25.4 Å². The molecule has 0 bridgehead atoms. The van der Waals surface area contributed by atoms with Gasteiger partial charge in [0.05, 0.1) is 0 Å². The largest absolute Gasteiger partial charge is 0.491 e. The maximum atomic E-state index is 10.9. The smallest absolute Gasteiger partial charge is 0.407 e. The molecule has 0 spiro atoms. The predicted octanol–water partition coefficient (Wildman–Crippen LogP) is 0.144. The molecule has 1 amide bonds. The van der Waals surface area contributed by atoms with Crippen LogP contribution in [0.15, 0.2) is 12.3 Å². The summed E-state index contributed by atoms with van der Waals surface area (Å²) in [4.78, 5) is 18.8. The number of aromatic nitrogens is 1. The SMILES string of the molecule is N[C@@H]1COc2cc(N3CCN(C(=O)O)CC3)ncc2C1. The van der Waals surface area contributed by atoms with Crippen LogP contribution in [0.3, 0.4) is 0 Å². The van der Waals surface area contributed by atoms with E-state index >= 15 is 0 Å². The lowest BCUT2D eigenvalue weighted by Gasteiger charge is -2.34. The van der Waals surface area contributed by atoms with Crippen molar-refractivity contribution in [3.63, 3.8) is 0 Å². The summed E-state index contributed by atoms with van der Waals surface area (Å²) in [6, 6.07) is 1.96. The summed E-state index contributed by atoms with van der Waals surface area (Å²) in [7, 11) is 0. The minimum absolute atomic E-state index is 0.0364. The van der Waals surface area contributed by atoms with Crippen LogP contribution in [0, 0.1) is 0 Å². The summed E-state index contributed by atoms with van der Waals surface area (Å²) >= 11 is 0. The highest BCUT2D eigenvalue weighted by atomic mass is 16.5. The van der Waals surface area contributed by atoms with Crippen LogP contribution >= 0.6 is 0 Å². The molecular formula is C13H18N4O3. The number of rotatable bonds is 1. The lowest BCUT2D eigenvalue weighted by atomic mass is 10.1. The zero-order valence-electron chi connectivity index (χ0n) is 11.2. The minimum Gasteiger partial charge on any atom is -0.491 e. The van der Waals surface area contributed by atoms with Crippen molar-refractivity contribution >= 4 is 11.9 Å². The van der Waals surface area contributed by atoms with Gasteiger partial charge in [-0.2, -0.15) is 0 Å². The first-order valence-electron chi connectivity index (χ1n) is 6.73. The molecule has 20 heavy (non-hydrogen) atoms. The summed E-state index contributed by atoms with van der Waals surface area (Å²) in [5.41, 5.74) is 6.89. The lowest BCUT2D eigenvalue weighted by molar-refractivity contribution is 0.142. The van der Waals surface area contributed by atoms with Crippen LogP contribution in [-0.4, -0.2) is 59.9 Å². The van der Waals surface area contributed by atoms with E-state index < -0.39 is 6.09 Å². The fourth-order valence-electron chi connectivity index (χ4n) is 2.58. The Bertz CT molecular complexity index is 514. The number of piperazine rings is 1. The number of nitrogens with two attached hydrogens (primary N) is 1. The molecule has 3 heterocycles. The highest BCUT2D eigenvalue weighted by Gasteiger charge is 2.23. The summed E-state index contributed by atoms with van der Waals surface area (Å²) in [5, 5.41) is 8.94. The average molecular weight is 278 g/mol. The number of amides is 1. The molecule has 108 valence electrons. The molecule has 3 rings (SSSR count). The van der Waals surface area contributed by atoms with Gasteiger partial charge >= 0.3 is 6.09 Å². The number of hydrogen-bond acceptors (Lipinski definition) is 5. The molecule has 1 atom stereocenters. The van der Waals surface area contributed by atoms with Gasteiger partial charge in [-0.3, -0.25) is 0 Å². The van der Waals surface area contributed by atoms with Crippen LogP contribution < -0.4 is 15.4 Å². The zero-order valence-corrected chi connectivity index (χ0v) is 11.2. The van der Waals surface area contributed by atoms with E-state index in [-0.39, 0.29) is 6.04 Å². The van der Waals surface area contributed by atoms with E-state index in [2.05, 4.69) is 9.88 Å². The molecule has 7 heteroatoms. The molecule has 7 nitrogen and oxygen atoms in total. The Kier molecular flexibility index (Phi) is 3.35. The molecule has 0 aliphatic carbocycles. The highest BCUT2D eigenvalue weighted by Crippen LogP contribution is 2.27. The van der Waals surface area contributed by atoms with Crippen molar-refractivity contribution in [2.45, 2.75) is 12.5 Å². The van der Waals surface area contributed by atoms with E-state index in [1.54, 1.807) is 0 Å². The quantitative estimate of drug-likeness (QED) is 0.759. The van der Waals surface area contributed by atoms with Crippen LogP contribution in [0.2, 0.25) is 0 Å². The molecule has 0 unspecified atom stereocenters. The van der Waals surface area contributed by atoms with Crippen LogP contribution in [-0.2, 0) is 6.42 Å². The Hall–Kier alpha value is -2.02. The van der Waals surface area contributed by atoms with Crippen LogP contribution in [0.1, 0.15) is 5.56 Å². The van der Waals surface area contributed by atoms with Crippen molar-refractivity contribution < 1.29 is 14.6 Å². The standard InChI is InChI=1S/C13H18N4O3/c14-10-5-9-7-15-12(6-11(9)20-8-10)16-1-3-17(4-2-16)13(18)19/h6-7,10H,1-5,8,14H2,(H,18,19)/t10-/m0/s1. The summed E-state index contributed by atoms with van der Waals surface area (Å²) in [6.45, 7) is 2.83. The minimum atomic E-state index is -0.861. The number of carboxylic acid groups (broad SMARTS) is 1. The zero-order chi connectivity index (χ0) is 14.1. The van der Waals surface area contributed by atoms with E-state index in [1.165, 1.54) is 4.90 Å². The van der Waals surface area contributed by atoms with E-state index in [0.29, 0.717) is 32.8 Å². The Morgan fingerprint density at radius 2 is 2.15 bits per heavy atom. The number of nitrogens with zero attached hydrogens (tertiary/aromatic N) is 3. The van der Waals surface area contributed by atoms with Crippen molar-refractivity contribution in [1.82, 2.24) is 9.88 Å². The highest BCUT2D eigenvalue weighted by molar-refractivity contribution is 5.65. The average Bonchev–Trinajstić information content (AvgIpc) is 2.47. The van der Waals surface area contributed by atoms with Crippen LogP contribution in [0.4, 0.5) is 10.6 Å². The van der Waals surface area contributed by atoms with E-state index in [1.807, 2.05) is 12.3 Å². The van der Waals surface area contributed by atoms with Gasteiger partial charge in [0.2, 0.25) is 0 Å². The molecule has 3 N–H and O–H groups in total. The van der Waals surface area contributed by atoms with E-state index in [0.717, 1.165) is 23.6 Å². The van der Waals surface area contributed by atoms with Crippen molar-refractivity contribution in [3.8, 4) is 5.75 Å². The Morgan fingerprint density at radius 1 is 1.40 bits per heavy atom. The number of carbonyl (C=O) groups is 1. The molecular weight excluding hydrogens is 260 g/mol. The van der Waals surface area contributed by atoms with Crippen molar-refractivity contribution in [2.24, 2.45) is 5.73 Å². The second kappa shape index (κ2) is 5.16. The van der Waals surface area contributed by atoms with Crippen molar-refractivity contribution in [1.29, 1.82) is 0 Å². The van der Waals surface area contributed by atoms with Gasteiger partial charge in [0, 0.05) is 50.0 Å². The van der Waals surface area contributed by atoms with Crippen LogP contribution in [0.25, 0.3) is 0 Å². The Balaban J connectivity index is 1.71. The molecule has 0 saturated carbocycles. The second-order valence-electron chi connectivity index (χ2n) is 5.18. The molecule has 2 aliphatic heterocycles. The van der Waals surface area contributed by atoms with E-state index in [4.69, 9.17) is 15.6 Å². The molecule has 1 saturated heterocycles. The normalized spacial score (nSPS) is 22.1. The second-order valence-corrected chi connectivity index (χ2v) is 5.18. The Labute approximate surface area is 116 Å². The van der Waals surface area contributed by atoms with Gasteiger partial charge in [0.1, 0.15) is 18.2 Å². The summed E-state index contributed by atoms with van der Waals surface area (Å²) < 4.78 is 5.63. The number of pyridine rings is 1. The predicted molar refractivity (Wildman–Crippen MR) is 73.2 cm³/mol. The van der Waals surface area contributed by atoms with Gasteiger partial charge in [0.15, 0.2) is 0 Å². The molecule has 1 aromatic rings. The third kappa shape index (κ3) is 2.49. The number of ether oxygens (including phenoxy) is 1. The van der Waals surface area contributed by atoms with Crippen molar-refractivity contribution in [2.75, 3.05) is 37.7 Å². The number of anilines is 1. The molecule has 0 aromatic carbocycles. The summed E-state index contributed by atoms with van der Waals surface area (Å²) in [5.74, 6) is 1.68. The first kappa shape index (κ1) is 13.0. The molecule has 1 fully saturated rings. The fraction of sp³-hybridized carbons (Fsp3) is 0.538. The van der Waals surface area contributed by atoms with Gasteiger partial charge in [-0.15, -0.1) is 0 Å². The first-order valence-corrected chi connectivity index (χ1v) is 6.73. The topological polar surface area (TPSA) is 91.9 Å². The van der Waals surface area contributed by atoms with Gasteiger partial charge in [-0.25, -0.2) is 9.78 Å². The number of fused-ring (bicyclic) bond motifs is 1. The van der Waals surface area contributed by atoms with E-state index in [9.17, 15) is 4.79 Å².